The molecule has 2 fully saturated rings. The molecule has 0 spiro atoms. The molecule has 3 heterocycles. The molecule has 1 aromatic heterocycles. The number of rotatable bonds is 8. The van der Waals surface area contributed by atoms with Gasteiger partial charge in [-0.25, -0.2) is 0 Å². The summed E-state index contributed by atoms with van der Waals surface area (Å²) in [6.07, 6.45) is 8.84. The number of hydrogen-bond acceptors (Lipinski definition) is 6. The predicted molar refractivity (Wildman–Crippen MR) is 150 cm³/mol. The Morgan fingerprint density at radius 2 is 1.86 bits per heavy atom. The van der Waals surface area contributed by atoms with Crippen LogP contribution in [-0.4, -0.2) is 60.6 Å². The number of aliphatic hydroxyl groups is 1. The second kappa shape index (κ2) is 12.1. The van der Waals surface area contributed by atoms with Crippen LogP contribution in [-0.2, 0) is 4.79 Å². The third-order valence-electron chi connectivity index (χ3n) is 8.33. The number of nitrogens with zero attached hydrogens (tertiary/aromatic N) is 2. The van der Waals surface area contributed by atoms with E-state index in [1.807, 2.05) is 36.6 Å². The molecule has 1 aliphatic carbocycles. The Morgan fingerprint density at radius 3 is 2.65 bits per heavy atom. The van der Waals surface area contributed by atoms with Crippen LogP contribution in [0.2, 0.25) is 0 Å². The van der Waals surface area contributed by atoms with Crippen molar-refractivity contribution in [3.8, 4) is 0 Å². The van der Waals surface area contributed by atoms with E-state index in [9.17, 15) is 14.7 Å². The molecule has 1 saturated carbocycles. The molecule has 37 heavy (non-hydrogen) atoms. The number of likely N-dealkylation sites (tertiary alicyclic amines) is 1. The maximum Gasteiger partial charge on any atom is 0.258 e. The largest absolute Gasteiger partial charge is 0.393 e. The van der Waals surface area contributed by atoms with Crippen LogP contribution in [0.15, 0.2) is 29.6 Å². The number of hydrogen-bond donors (Lipinski definition) is 3. The van der Waals surface area contributed by atoms with Crippen LogP contribution in [0.1, 0.15) is 66.6 Å². The Kier molecular flexibility index (Phi) is 8.60. The van der Waals surface area contributed by atoms with Crippen molar-refractivity contribution in [3.63, 3.8) is 0 Å². The lowest BCUT2D eigenvalue weighted by Crippen LogP contribution is -2.42. The Morgan fingerprint density at radius 1 is 1.11 bits per heavy atom. The number of aliphatic hydroxyl groups excluding tert-OH is 1. The highest BCUT2D eigenvalue weighted by atomic mass is 32.1. The predicted octanol–water partition coefficient (Wildman–Crippen LogP) is 4.92. The normalized spacial score (nSPS) is 22.8. The molecule has 2 amide bonds. The fraction of sp³-hybridized carbons (Fsp3) is 0.586. The number of carbonyl (C=O) groups excluding carboxylic acids is 2. The number of amides is 2. The van der Waals surface area contributed by atoms with Crippen molar-refractivity contribution in [3.05, 3.63) is 40.1 Å². The number of carbonyl (C=O) groups is 2. The van der Waals surface area contributed by atoms with Crippen molar-refractivity contribution in [2.45, 2.75) is 64.4 Å². The molecule has 1 saturated heterocycles. The average Bonchev–Trinajstić information content (AvgIpc) is 3.22. The SMILES string of the molecule is Cc1scc2c1N(C(=O)CN1CCC(CCCNCC3CCC(O)CC3)CC1)c1ccccc1NC2=O. The number of aryl methyl sites for hydroxylation is 1. The van der Waals surface area contributed by atoms with Gasteiger partial charge in [-0.05, 0) is 108 Å². The monoisotopic (exact) mass is 524 g/mol. The number of thiophene rings is 1. The molecule has 5 rings (SSSR count). The van der Waals surface area contributed by atoms with Crippen molar-refractivity contribution in [1.82, 2.24) is 10.2 Å². The summed E-state index contributed by atoms with van der Waals surface area (Å²) in [7, 11) is 0. The molecule has 0 bridgehead atoms. The molecule has 7 nitrogen and oxygen atoms in total. The Balaban J connectivity index is 1.10. The van der Waals surface area contributed by atoms with Gasteiger partial charge in [-0.3, -0.25) is 19.4 Å². The van der Waals surface area contributed by atoms with E-state index in [2.05, 4.69) is 15.5 Å². The third kappa shape index (κ3) is 6.25. The van der Waals surface area contributed by atoms with E-state index in [0.29, 0.717) is 17.8 Å². The molecule has 200 valence electrons. The smallest absolute Gasteiger partial charge is 0.258 e. The van der Waals surface area contributed by atoms with Crippen LogP contribution >= 0.6 is 11.3 Å². The van der Waals surface area contributed by atoms with Crippen LogP contribution < -0.4 is 15.5 Å². The summed E-state index contributed by atoms with van der Waals surface area (Å²) in [5.74, 6) is 1.31. The van der Waals surface area contributed by atoms with Gasteiger partial charge >= 0.3 is 0 Å². The molecule has 2 aliphatic heterocycles. The summed E-state index contributed by atoms with van der Waals surface area (Å²) in [5, 5.41) is 18.1. The Labute approximate surface area is 224 Å². The van der Waals surface area contributed by atoms with Crippen molar-refractivity contribution in [2.24, 2.45) is 11.8 Å². The van der Waals surface area contributed by atoms with Crippen molar-refractivity contribution < 1.29 is 14.7 Å². The molecule has 0 radical (unpaired) electrons. The molecule has 1 aromatic carbocycles. The van der Waals surface area contributed by atoms with E-state index >= 15 is 0 Å². The van der Waals surface area contributed by atoms with Gasteiger partial charge < -0.3 is 15.7 Å². The Hall–Kier alpha value is -2.26. The third-order valence-corrected chi connectivity index (χ3v) is 9.23. The highest BCUT2D eigenvalue weighted by Crippen LogP contribution is 2.42. The summed E-state index contributed by atoms with van der Waals surface area (Å²) in [4.78, 5) is 31.5. The summed E-state index contributed by atoms with van der Waals surface area (Å²) >= 11 is 1.51. The van der Waals surface area contributed by atoms with Gasteiger partial charge in [0.1, 0.15) is 0 Å². The van der Waals surface area contributed by atoms with Crippen molar-refractivity contribution >= 4 is 40.2 Å². The zero-order valence-electron chi connectivity index (χ0n) is 21.9. The van der Waals surface area contributed by atoms with Gasteiger partial charge in [-0.2, -0.15) is 0 Å². The van der Waals surface area contributed by atoms with Crippen LogP contribution in [0.5, 0.6) is 0 Å². The van der Waals surface area contributed by atoms with E-state index in [0.717, 1.165) is 92.8 Å². The fourth-order valence-electron chi connectivity index (χ4n) is 6.10. The molecule has 3 aliphatic rings. The van der Waals surface area contributed by atoms with Crippen LogP contribution in [0.25, 0.3) is 0 Å². The van der Waals surface area contributed by atoms with Gasteiger partial charge in [-0.1, -0.05) is 12.1 Å². The lowest BCUT2D eigenvalue weighted by atomic mass is 9.87. The lowest BCUT2D eigenvalue weighted by Gasteiger charge is -2.33. The van der Waals surface area contributed by atoms with Crippen LogP contribution in [0.3, 0.4) is 0 Å². The van der Waals surface area contributed by atoms with E-state index in [-0.39, 0.29) is 17.9 Å². The zero-order chi connectivity index (χ0) is 25.8. The molecule has 0 unspecified atom stereocenters. The van der Waals surface area contributed by atoms with Gasteiger partial charge in [0.2, 0.25) is 5.91 Å². The number of nitrogens with one attached hydrogen (secondary N) is 2. The maximum absolute atomic E-state index is 13.7. The molecular formula is C29H40N4O3S. The van der Waals surface area contributed by atoms with Gasteiger partial charge in [0.15, 0.2) is 0 Å². The summed E-state index contributed by atoms with van der Waals surface area (Å²) in [5.41, 5.74) is 2.72. The topological polar surface area (TPSA) is 84.9 Å². The summed E-state index contributed by atoms with van der Waals surface area (Å²) < 4.78 is 0. The number of benzene rings is 1. The first-order valence-corrected chi connectivity index (χ1v) is 14.8. The minimum atomic E-state index is -0.157. The second-order valence-corrected chi connectivity index (χ2v) is 12.1. The number of anilines is 3. The first-order chi connectivity index (χ1) is 18.0. The first-order valence-electron chi connectivity index (χ1n) is 13.9. The van der Waals surface area contributed by atoms with Gasteiger partial charge in [-0.15, -0.1) is 11.3 Å². The van der Waals surface area contributed by atoms with E-state index in [1.54, 1.807) is 4.90 Å². The highest BCUT2D eigenvalue weighted by Gasteiger charge is 2.33. The highest BCUT2D eigenvalue weighted by molar-refractivity contribution is 7.11. The van der Waals surface area contributed by atoms with E-state index < -0.39 is 0 Å². The van der Waals surface area contributed by atoms with Crippen molar-refractivity contribution in [2.75, 3.05) is 42.9 Å². The first kappa shape index (κ1) is 26.4. The second-order valence-electron chi connectivity index (χ2n) is 11.0. The van der Waals surface area contributed by atoms with E-state index in [4.69, 9.17) is 0 Å². The molecule has 8 heteroatoms. The van der Waals surface area contributed by atoms with Crippen LogP contribution in [0, 0.1) is 18.8 Å². The standard InChI is InChI=1S/C29H40N4O3S/c1-20-28-24(19-37-20)29(36)31-25-6-2-3-7-26(25)33(28)27(35)18-32-15-12-21(13-16-32)5-4-14-30-17-22-8-10-23(34)11-9-22/h2-3,6-7,19,21-23,30,34H,4-5,8-18H2,1H3,(H,31,36). The van der Waals surface area contributed by atoms with E-state index in [1.165, 1.54) is 24.2 Å². The van der Waals surface area contributed by atoms with Crippen LogP contribution in [0.4, 0.5) is 17.1 Å². The number of piperidine rings is 1. The molecule has 2 aromatic rings. The van der Waals surface area contributed by atoms with Gasteiger partial charge in [0.05, 0.1) is 35.3 Å². The molecule has 0 atom stereocenters. The molecule has 3 N–H and O–H groups in total. The summed E-state index contributed by atoms with van der Waals surface area (Å²) in [6.45, 7) is 6.37. The number of para-hydroxylation sites is 2. The minimum absolute atomic E-state index is 0.0181. The minimum Gasteiger partial charge on any atom is -0.393 e. The average molecular weight is 525 g/mol. The lowest BCUT2D eigenvalue weighted by molar-refractivity contribution is -0.119. The van der Waals surface area contributed by atoms with Crippen molar-refractivity contribution in [1.29, 1.82) is 0 Å². The van der Waals surface area contributed by atoms with Gasteiger partial charge in [0, 0.05) is 10.3 Å². The number of fused-ring (bicyclic) bond motifs is 2. The van der Waals surface area contributed by atoms with Gasteiger partial charge in [0.25, 0.3) is 5.91 Å². The quantitative estimate of drug-likeness (QED) is 0.427. The zero-order valence-corrected chi connectivity index (χ0v) is 22.7. The fourth-order valence-corrected chi connectivity index (χ4v) is 6.92. The Bertz CT molecular complexity index is 1090. The summed E-state index contributed by atoms with van der Waals surface area (Å²) in [6, 6.07) is 7.57. The maximum atomic E-state index is 13.7. The molecular weight excluding hydrogens is 484 g/mol.